The first-order chi connectivity index (χ1) is 15.6. The van der Waals surface area contributed by atoms with Crippen molar-refractivity contribution in [3.05, 3.63) is 83.5 Å². The van der Waals surface area contributed by atoms with Gasteiger partial charge in [-0.2, -0.15) is 0 Å². The number of carbonyl (C=O) groups is 1. The molecule has 4 nitrogen and oxygen atoms in total. The summed E-state index contributed by atoms with van der Waals surface area (Å²) in [6.07, 6.45) is 9.86. The lowest BCUT2D eigenvalue weighted by Gasteiger charge is -2.06. The molecule has 32 heavy (non-hydrogen) atoms. The van der Waals surface area contributed by atoms with Crippen LogP contribution in [0.25, 0.3) is 33.0 Å². The fraction of sp³-hybridized carbons (Fsp3) is 0.222. The van der Waals surface area contributed by atoms with Crippen LogP contribution >= 0.6 is 11.3 Å². The van der Waals surface area contributed by atoms with Gasteiger partial charge in [0.05, 0.1) is 17.0 Å². The molecule has 162 valence electrons. The Hall–Kier alpha value is -3.31. The molecule has 3 heterocycles. The van der Waals surface area contributed by atoms with Crippen LogP contribution in [0.4, 0.5) is 0 Å². The Kier molecular flexibility index (Phi) is 7.07. The molecule has 0 radical (unpaired) electrons. The molecule has 4 aromatic rings. The molecule has 1 N–H and O–H groups in total. The van der Waals surface area contributed by atoms with E-state index in [-0.39, 0.29) is 5.56 Å². The fourth-order valence-corrected chi connectivity index (χ4v) is 4.72. The Morgan fingerprint density at radius 1 is 0.812 bits per heavy atom. The van der Waals surface area contributed by atoms with Crippen molar-refractivity contribution in [2.75, 3.05) is 0 Å². The molecule has 4 rings (SSSR count). The van der Waals surface area contributed by atoms with E-state index >= 15 is 0 Å². The van der Waals surface area contributed by atoms with Gasteiger partial charge >= 0.3 is 5.97 Å². The molecule has 0 bridgehead atoms. The maximum absolute atomic E-state index is 11.1. The van der Waals surface area contributed by atoms with Gasteiger partial charge in [0, 0.05) is 22.1 Å². The molecule has 0 saturated carbocycles. The highest BCUT2D eigenvalue weighted by molar-refractivity contribution is 7.15. The van der Waals surface area contributed by atoms with E-state index in [1.807, 2.05) is 47.9 Å². The molecule has 0 amide bonds. The van der Waals surface area contributed by atoms with Gasteiger partial charge < -0.3 is 5.11 Å². The number of aromatic nitrogens is 2. The summed E-state index contributed by atoms with van der Waals surface area (Å²) in [6, 6.07) is 19.4. The van der Waals surface area contributed by atoms with Gasteiger partial charge in [-0.15, -0.1) is 11.3 Å². The van der Waals surface area contributed by atoms with Crippen LogP contribution in [0.3, 0.4) is 0 Å². The quantitative estimate of drug-likeness (QED) is 0.275. The van der Waals surface area contributed by atoms with Crippen molar-refractivity contribution in [1.82, 2.24) is 9.97 Å². The van der Waals surface area contributed by atoms with Gasteiger partial charge in [-0.05, 0) is 78.1 Å². The van der Waals surface area contributed by atoms with Gasteiger partial charge in [0.15, 0.2) is 0 Å². The van der Waals surface area contributed by atoms with E-state index in [1.165, 1.54) is 35.4 Å². The molecule has 0 spiro atoms. The molecular formula is C27H26N2O2S. The first-order valence-electron chi connectivity index (χ1n) is 11.0. The van der Waals surface area contributed by atoms with E-state index in [9.17, 15) is 4.79 Å². The molecule has 0 fully saturated rings. The predicted octanol–water partition coefficient (Wildman–Crippen LogP) is 7.36. The van der Waals surface area contributed by atoms with Gasteiger partial charge in [-0.1, -0.05) is 38.3 Å². The van der Waals surface area contributed by atoms with E-state index < -0.39 is 5.97 Å². The SMILES string of the molecule is CCCCCCc1ccc(-c2ccnc(-c3cc(-c4ccc(C(=O)O)cc4)ccn3)c2)s1. The van der Waals surface area contributed by atoms with E-state index in [4.69, 9.17) is 5.11 Å². The number of benzene rings is 1. The smallest absolute Gasteiger partial charge is 0.335 e. The van der Waals surface area contributed by atoms with Gasteiger partial charge in [0.25, 0.3) is 0 Å². The molecular weight excluding hydrogens is 416 g/mol. The third kappa shape index (κ3) is 5.29. The van der Waals surface area contributed by atoms with Crippen LogP contribution < -0.4 is 0 Å². The summed E-state index contributed by atoms with van der Waals surface area (Å²) in [6.45, 7) is 2.24. The largest absolute Gasteiger partial charge is 0.478 e. The summed E-state index contributed by atoms with van der Waals surface area (Å²) in [5, 5.41) is 9.11. The number of unbranched alkanes of at least 4 members (excludes halogenated alkanes) is 3. The number of carboxylic acid groups (broad SMARTS) is 1. The minimum absolute atomic E-state index is 0.276. The van der Waals surface area contributed by atoms with Crippen LogP contribution in [0, 0.1) is 0 Å². The number of aromatic carboxylic acids is 1. The molecule has 5 heteroatoms. The predicted molar refractivity (Wildman–Crippen MR) is 131 cm³/mol. The average Bonchev–Trinajstić information content (AvgIpc) is 3.31. The number of thiophene rings is 1. The normalized spacial score (nSPS) is 10.9. The first-order valence-corrected chi connectivity index (χ1v) is 11.8. The monoisotopic (exact) mass is 442 g/mol. The second-order valence-corrected chi connectivity index (χ2v) is 8.99. The van der Waals surface area contributed by atoms with Crippen molar-refractivity contribution in [3.8, 4) is 33.0 Å². The zero-order valence-corrected chi connectivity index (χ0v) is 18.9. The van der Waals surface area contributed by atoms with Crippen LogP contribution in [-0.4, -0.2) is 21.0 Å². The van der Waals surface area contributed by atoms with Gasteiger partial charge in [-0.3, -0.25) is 9.97 Å². The van der Waals surface area contributed by atoms with Crippen LogP contribution in [0.15, 0.2) is 73.1 Å². The minimum Gasteiger partial charge on any atom is -0.478 e. The molecule has 0 aliphatic rings. The van der Waals surface area contributed by atoms with Gasteiger partial charge in [-0.25, -0.2) is 4.79 Å². The topological polar surface area (TPSA) is 63.1 Å². The number of nitrogens with zero attached hydrogens (tertiary/aromatic N) is 2. The lowest BCUT2D eigenvalue weighted by Crippen LogP contribution is -1.95. The third-order valence-corrected chi connectivity index (χ3v) is 6.66. The van der Waals surface area contributed by atoms with E-state index in [1.54, 1.807) is 18.3 Å². The van der Waals surface area contributed by atoms with Crippen molar-refractivity contribution in [3.63, 3.8) is 0 Å². The summed E-state index contributed by atoms with van der Waals surface area (Å²) in [5.41, 5.74) is 4.97. The number of hydrogen-bond acceptors (Lipinski definition) is 4. The summed E-state index contributed by atoms with van der Waals surface area (Å²) in [5.74, 6) is -0.925. The Balaban J connectivity index is 1.54. The second kappa shape index (κ2) is 10.3. The van der Waals surface area contributed by atoms with Crippen molar-refractivity contribution in [2.24, 2.45) is 0 Å². The standard InChI is InChI=1S/C27H26N2O2S/c1-2-3-4-5-6-23-11-12-26(32-23)22-14-16-29-25(18-22)24-17-21(13-15-28-24)19-7-9-20(10-8-19)27(30)31/h7-18H,2-6H2,1H3,(H,30,31). The second-order valence-electron chi connectivity index (χ2n) is 7.82. The Bertz CT molecular complexity index is 1200. The number of rotatable bonds is 9. The highest BCUT2D eigenvalue weighted by Gasteiger charge is 2.09. The molecule has 0 unspecified atom stereocenters. The molecule has 0 saturated heterocycles. The molecule has 0 aliphatic carbocycles. The minimum atomic E-state index is -0.925. The summed E-state index contributed by atoms with van der Waals surface area (Å²) >= 11 is 1.86. The van der Waals surface area contributed by atoms with Crippen LogP contribution in [0.1, 0.15) is 47.8 Å². The van der Waals surface area contributed by atoms with Crippen LogP contribution in [0.5, 0.6) is 0 Å². The Morgan fingerprint density at radius 3 is 2.19 bits per heavy atom. The zero-order valence-electron chi connectivity index (χ0n) is 18.1. The summed E-state index contributed by atoms with van der Waals surface area (Å²) in [7, 11) is 0. The Morgan fingerprint density at radius 2 is 1.50 bits per heavy atom. The fourth-order valence-electron chi connectivity index (χ4n) is 3.67. The maximum Gasteiger partial charge on any atom is 0.335 e. The zero-order chi connectivity index (χ0) is 22.3. The van der Waals surface area contributed by atoms with Gasteiger partial charge in [0.1, 0.15) is 0 Å². The average molecular weight is 443 g/mol. The number of aryl methyl sites for hydroxylation is 1. The van der Waals surface area contributed by atoms with Crippen LogP contribution in [-0.2, 0) is 6.42 Å². The van der Waals surface area contributed by atoms with Crippen LogP contribution in [0.2, 0.25) is 0 Å². The Labute approximate surface area is 192 Å². The van der Waals surface area contributed by atoms with Crippen molar-refractivity contribution in [2.45, 2.75) is 39.0 Å². The van der Waals surface area contributed by atoms with Gasteiger partial charge in [0.2, 0.25) is 0 Å². The molecule has 1 aromatic carbocycles. The summed E-state index contributed by atoms with van der Waals surface area (Å²) < 4.78 is 0. The molecule has 0 atom stereocenters. The number of hydrogen-bond donors (Lipinski definition) is 1. The third-order valence-electron chi connectivity index (χ3n) is 5.47. The lowest BCUT2D eigenvalue weighted by molar-refractivity contribution is 0.0697. The van der Waals surface area contributed by atoms with Crippen molar-refractivity contribution < 1.29 is 9.90 Å². The van der Waals surface area contributed by atoms with E-state index in [0.717, 1.165) is 34.5 Å². The highest BCUT2D eigenvalue weighted by Crippen LogP contribution is 2.31. The molecule has 3 aromatic heterocycles. The highest BCUT2D eigenvalue weighted by atomic mass is 32.1. The molecule has 0 aliphatic heterocycles. The number of carboxylic acids is 1. The van der Waals surface area contributed by atoms with Crippen molar-refractivity contribution in [1.29, 1.82) is 0 Å². The first kappa shape index (κ1) is 21.9. The van der Waals surface area contributed by atoms with Crippen molar-refractivity contribution >= 4 is 17.3 Å². The summed E-state index contributed by atoms with van der Waals surface area (Å²) in [4.78, 5) is 22.9. The maximum atomic E-state index is 11.1. The van der Waals surface area contributed by atoms with E-state index in [0.29, 0.717) is 0 Å². The number of pyridine rings is 2. The lowest BCUT2D eigenvalue weighted by atomic mass is 10.0. The van der Waals surface area contributed by atoms with E-state index in [2.05, 4.69) is 35.1 Å².